The third-order valence-corrected chi connectivity index (χ3v) is 3.41. The van der Waals surface area contributed by atoms with Crippen molar-refractivity contribution in [3.63, 3.8) is 0 Å². The smallest absolute Gasteiger partial charge is 0.141 e. The van der Waals surface area contributed by atoms with Crippen LogP contribution in [0.5, 0.6) is 11.5 Å². The van der Waals surface area contributed by atoms with Crippen LogP contribution < -0.4 is 9.47 Å². The van der Waals surface area contributed by atoms with Gasteiger partial charge in [-0.1, -0.05) is 12.8 Å². The van der Waals surface area contributed by atoms with Crippen molar-refractivity contribution in [2.24, 2.45) is 0 Å². The van der Waals surface area contributed by atoms with Gasteiger partial charge in [0.25, 0.3) is 0 Å². The molecule has 0 unspecified atom stereocenters. The summed E-state index contributed by atoms with van der Waals surface area (Å²) in [5.74, 6) is 1.39. The van der Waals surface area contributed by atoms with E-state index in [2.05, 4.69) is 6.07 Å². The van der Waals surface area contributed by atoms with Gasteiger partial charge in [0.15, 0.2) is 0 Å². The maximum atomic E-state index is 9.10. The zero-order chi connectivity index (χ0) is 12.8. The topological polar surface area (TPSA) is 42.2 Å². The van der Waals surface area contributed by atoms with Gasteiger partial charge in [0.05, 0.1) is 18.8 Å². The van der Waals surface area contributed by atoms with E-state index in [9.17, 15) is 0 Å². The molecule has 0 N–H and O–H groups in total. The summed E-state index contributed by atoms with van der Waals surface area (Å²) in [6.45, 7) is 0. The molecule has 0 bridgehead atoms. The fourth-order valence-electron chi connectivity index (χ4n) is 2.36. The minimum atomic E-state index is 0.242. The summed E-state index contributed by atoms with van der Waals surface area (Å²) in [6, 6.07) is 7.53. The van der Waals surface area contributed by atoms with Gasteiger partial charge in [-0.05, 0) is 37.8 Å². The third-order valence-electron chi connectivity index (χ3n) is 3.41. The van der Waals surface area contributed by atoms with Gasteiger partial charge in [-0.25, -0.2) is 0 Å². The fraction of sp³-hybridized carbons (Fsp3) is 0.533. The summed E-state index contributed by atoms with van der Waals surface area (Å²) in [7, 11) is 1.62. The predicted molar refractivity (Wildman–Crippen MR) is 69.8 cm³/mol. The molecule has 96 valence electrons. The van der Waals surface area contributed by atoms with Crippen molar-refractivity contribution in [2.75, 3.05) is 7.11 Å². The van der Waals surface area contributed by atoms with Crippen molar-refractivity contribution in [1.82, 2.24) is 0 Å². The first-order valence-corrected chi connectivity index (χ1v) is 6.58. The van der Waals surface area contributed by atoms with E-state index in [1.807, 2.05) is 6.07 Å². The molecule has 0 atom stereocenters. The Morgan fingerprint density at radius 2 is 1.89 bits per heavy atom. The lowest BCUT2D eigenvalue weighted by atomic mass is 10.1. The molecule has 0 radical (unpaired) electrons. The summed E-state index contributed by atoms with van der Waals surface area (Å²) in [6.07, 6.45) is 7.44. The number of hydrogen-bond acceptors (Lipinski definition) is 3. The summed E-state index contributed by atoms with van der Waals surface area (Å²) in [5.41, 5.74) is 0.583. The number of ether oxygens (including phenoxy) is 2. The van der Waals surface area contributed by atoms with Gasteiger partial charge < -0.3 is 9.47 Å². The standard InChI is InChI=1S/C15H19NO2/c1-17-14-9-8-12(11-16)15(10-14)18-13-6-4-2-3-5-7-13/h8-10,13H,2-7H2,1H3. The van der Waals surface area contributed by atoms with E-state index in [0.717, 1.165) is 18.6 Å². The van der Waals surface area contributed by atoms with Gasteiger partial charge in [0.2, 0.25) is 0 Å². The van der Waals surface area contributed by atoms with Gasteiger partial charge in [0.1, 0.15) is 17.6 Å². The molecule has 0 spiro atoms. The summed E-state index contributed by atoms with van der Waals surface area (Å²) in [4.78, 5) is 0. The lowest BCUT2D eigenvalue weighted by Gasteiger charge is -2.18. The average molecular weight is 245 g/mol. The highest BCUT2D eigenvalue weighted by atomic mass is 16.5. The number of hydrogen-bond donors (Lipinski definition) is 0. The quantitative estimate of drug-likeness (QED) is 0.763. The number of nitrogens with zero attached hydrogens (tertiary/aromatic N) is 1. The van der Waals surface area contributed by atoms with Gasteiger partial charge >= 0.3 is 0 Å². The van der Waals surface area contributed by atoms with Crippen molar-refractivity contribution >= 4 is 0 Å². The fourth-order valence-corrected chi connectivity index (χ4v) is 2.36. The molecule has 3 nitrogen and oxygen atoms in total. The Kier molecular flexibility index (Phi) is 4.46. The third kappa shape index (κ3) is 3.16. The normalized spacial score (nSPS) is 16.7. The van der Waals surface area contributed by atoms with Crippen LogP contribution in [0.15, 0.2) is 18.2 Å². The van der Waals surface area contributed by atoms with E-state index < -0.39 is 0 Å². The van der Waals surface area contributed by atoms with Crippen LogP contribution in [0.2, 0.25) is 0 Å². The lowest BCUT2D eigenvalue weighted by molar-refractivity contribution is 0.182. The zero-order valence-corrected chi connectivity index (χ0v) is 10.8. The SMILES string of the molecule is COc1ccc(C#N)c(OC2CCCCCC2)c1. The highest BCUT2D eigenvalue weighted by Crippen LogP contribution is 2.28. The highest BCUT2D eigenvalue weighted by Gasteiger charge is 2.16. The van der Waals surface area contributed by atoms with Crippen molar-refractivity contribution in [1.29, 1.82) is 5.26 Å². The Morgan fingerprint density at radius 3 is 2.50 bits per heavy atom. The Labute approximate surface area is 108 Å². The molecular formula is C15H19NO2. The van der Waals surface area contributed by atoms with Crippen LogP contribution in [0.3, 0.4) is 0 Å². The van der Waals surface area contributed by atoms with E-state index in [1.54, 1.807) is 19.2 Å². The van der Waals surface area contributed by atoms with Gasteiger partial charge in [-0.15, -0.1) is 0 Å². The molecule has 0 heterocycles. The average Bonchev–Trinajstić information content (AvgIpc) is 2.67. The van der Waals surface area contributed by atoms with Crippen LogP contribution in [0.25, 0.3) is 0 Å². The molecule has 1 aromatic carbocycles. The maximum absolute atomic E-state index is 9.10. The molecule has 3 heteroatoms. The minimum absolute atomic E-state index is 0.242. The number of benzene rings is 1. The van der Waals surface area contributed by atoms with E-state index in [1.165, 1.54) is 25.7 Å². The zero-order valence-electron chi connectivity index (χ0n) is 10.8. The van der Waals surface area contributed by atoms with E-state index in [0.29, 0.717) is 11.3 Å². The van der Waals surface area contributed by atoms with Crippen molar-refractivity contribution in [3.05, 3.63) is 23.8 Å². The molecule has 0 amide bonds. The minimum Gasteiger partial charge on any atom is -0.497 e. The predicted octanol–water partition coefficient (Wildman–Crippen LogP) is 3.67. The van der Waals surface area contributed by atoms with E-state index >= 15 is 0 Å². The van der Waals surface area contributed by atoms with E-state index in [4.69, 9.17) is 14.7 Å². The molecule has 0 aliphatic heterocycles. The Hall–Kier alpha value is -1.69. The maximum Gasteiger partial charge on any atom is 0.141 e. The Morgan fingerprint density at radius 1 is 1.17 bits per heavy atom. The van der Waals surface area contributed by atoms with Gasteiger partial charge in [-0.2, -0.15) is 5.26 Å². The van der Waals surface area contributed by atoms with Crippen LogP contribution in [-0.4, -0.2) is 13.2 Å². The molecule has 18 heavy (non-hydrogen) atoms. The first kappa shape index (κ1) is 12.8. The molecule has 1 aliphatic rings. The van der Waals surface area contributed by atoms with Gasteiger partial charge in [-0.3, -0.25) is 0 Å². The molecular weight excluding hydrogens is 226 g/mol. The monoisotopic (exact) mass is 245 g/mol. The number of methoxy groups -OCH3 is 1. The van der Waals surface area contributed by atoms with E-state index in [-0.39, 0.29) is 6.10 Å². The van der Waals surface area contributed by atoms with Crippen LogP contribution in [0.4, 0.5) is 0 Å². The molecule has 1 fully saturated rings. The second-order valence-corrected chi connectivity index (χ2v) is 4.71. The number of nitriles is 1. The van der Waals surface area contributed by atoms with Crippen molar-refractivity contribution in [2.45, 2.75) is 44.6 Å². The van der Waals surface area contributed by atoms with Crippen LogP contribution in [0.1, 0.15) is 44.1 Å². The summed E-state index contributed by atoms with van der Waals surface area (Å²) in [5, 5.41) is 9.10. The summed E-state index contributed by atoms with van der Waals surface area (Å²) >= 11 is 0. The molecule has 1 aliphatic carbocycles. The van der Waals surface area contributed by atoms with Crippen molar-refractivity contribution in [3.8, 4) is 17.6 Å². The van der Waals surface area contributed by atoms with Crippen LogP contribution >= 0.6 is 0 Å². The Balaban J connectivity index is 2.13. The molecule has 1 aromatic rings. The van der Waals surface area contributed by atoms with Gasteiger partial charge in [0, 0.05) is 6.07 Å². The second-order valence-electron chi connectivity index (χ2n) is 4.71. The first-order valence-electron chi connectivity index (χ1n) is 6.58. The van der Waals surface area contributed by atoms with Crippen LogP contribution in [0, 0.1) is 11.3 Å². The highest BCUT2D eigenvalue weighted by molar-refractivity contribution is 5.47. The Bertz CT molecular complexity index is 429. The molecule has 0 saturated heterocycles. The van der Waals surface area contributed by atoms with Crippen molar-refractivity contribution < 1.29 is 9.47 Å². The lowest BCUT2D eigenvalue weighted by Crippen LogP contribution is -2.15. The van der Waals surface area contributed by atoms with Crippen LogP contribution in [-0.2, 0) is 0 Å². The largest absolute Gasteiger partial charge is 0.497 e. The number of rotatable bonds is 3. The second kappa shape index (κ2) is 6.30. The molecule has 2 rings (SSSR count). The first-order chi connectivity index (χ1) is 8.83. The summed E-state index contributed by atoms with van der Waals surface area (Å²) < 4.78 is 11.2. The molecule has 1 saturated carbocycles. The molecule has 0 aromatic heterocycles.